The van der Waals surface area contributed by atoms with Gasteiger partial charge in [-0.1, -0.05) is 24.6 Å². The Labute approximate surface area is 102 Å². The van der Waals surface area contributed by atoms with Crippen molar-refractivity contribution in [3.63, 3.8) is 0 Å². The first kappa shape index (κ1) is 10.7. The van der Waals surface area contributed by atoms with Gasteiger partial charge in [-0.15, -0.1) is 0 Å². The molecule has 2 nitrogen and oxygen atoms in total. The van der Waals surface area contributed by atoms with Crippen LogP contribution < -0.4 is 0 Å². The lowest BCUT2D eigenvalue weighted by Gasteiger charge is -2.34. The van der Waals surface area contributed by atoms with E-state index in [4.69, 9.17) is 0 Å². The van der Waals surface area contributed by atoms with Crippen molar-refractivity contribution in [2.75, 3.05) is 0 Å². The Morgan fingerprint density at radius 3 is 2.94 bits per heavy atom. The van der Waals surface area contributed by atoms with E-state index in [9.17, 15) is 4.79 Å². The van der Waals surface area contributed by atoms with Gasteiger partial charge in [0.1, 0.15) is 5.78 Å². The van der Waals surface area contributed by atoms with E-state index in [0.717, 1.165) is 24.9 Å². The Morgan fingerprint density at radius 1 is 1.29 bits per heavy atom. The summed E-state index contributed by atoms with van der Waals surface area (Å²) in [6.07, 6.45) is 5.98. The second kappa shape index (κ2) is 3.80. The minimum atomic E-state index is -0.173. The quantitative estimate of drug-likeness (QED) is 0.722. The van der Waals surface area contributed by atoms with Crippen molar-refractivity contribution in [1.29, 1.82) is 0 Å². The largest absolute Gasteiger partial charge is 0.299 e. The fourth-order valence-electron chi connectivity index (χ4n) is 3.21. The highest BCUT2D eigenvalue weighted by Crippen LogP contribution is 2.45. The van der Waals surface area contributed by atoms with Crippen molar-refractivity contribution in [2.24, 2.45) is 10.9 Å². The molecule has 0 N–H and O–H groups in total. The van der Waals surface area contributed by atoms with Crippen molar-refractivity contribution >= 4 is 17.7 Å². The van der Waals surface area contributed by atoms with Crippen LogP contribution in [0.25, 0.3) is 0 Å². The number of aliphatic imine (C=N–C) groups is 1. The van der Waals surface area contributed by atoms with E-state index in [0.29, 0.717) is 5.78 Å². The molecule has 0 radical (unpaired) electrons. The Bertz CT molecular complexity index is 491. The number of hydrogen-bond acceptors (Lipinski definition) is 2. The summed E-state index contributed by atoms with van der Waals surface area (Å²) in [7, 11) is 0. The summed E-state index contributed by atoms with van der Waals surface area (Å²) >= 11 is 0. The van der Waals surface area contributed by atoms with Gasteiger partial charge in [-0.2, -0.15) is 0 Å². The zero-order chi connectivity index (χ0) is 11.9. The highest BCUT2D eigenvalue weighted by Gasteiger charge is 2.43. The van der Waals surface area contributed by atoms with Crippen molar-refractivity contribution in [3.8, 4) is 0 Å². The zero-order valence-corrected chi connectivity index (χ0v) is 10.1. The first-order chi connectivity index (χ1) is 8.22. The number of benzene rings is 1. The van der Waals surface area contributed by atoms with Gasteiger partial charge in [0, 0.05) is 24.0 Å². The van der Waals surface area contributed by atoms with Crippen molar-refractivity contribution in [2.45, 2.75) is 38.0 Å². The molecule has 0 amide bonds. The molecule has 1 aliphatic heterocycles. The molecule has 1 aromatic carbocycles. The molecule has 1 fully saturated rings. The minimum absolute atomic E-state index is 0.128. The van der Waals surface area contributed by atoms with E-state index < -0.39 is 0 Å². The van der Waals surface area contributed by atoms with Gasteiger partial charge in [-0.3, -0.25) is 9.79 Å². The first-order valence-corrected chi connectivity index (χ1v) is 6.39. The summed E-state index contributed by atoms with van der Waals surface area (Å²) in [6, 6.07) is 8.19. The molecule has 17 heavy (non-hydrogen) atoms. The molecule has 1 heterocycles. The Kier molecular flexibility index (Phi) is 2.39. The molecular weight excluding hydrogens is 210 g/mol. The molecule has 88 valence electrons. The lowest BCUT2D eigenvalue weighted by atomic mass is 9.67. The second-order valence-corrected chi connectivity index (χ2v) is 5.32. The lowest BCUT2D eigenvalue weighted by Crippen LogP contribution is -2.39. The summed E-state index contributed by atoms with van der Waals surface area (Å²) in [5.74, 6) is 0.547. The molecule has 3 rings (SSSR count). The fourth-order valence-corrected chi connectivity index (χ4v) is 3.21. The second-order valence-electron chi connectivity index (χ2n) is 5.32. The molecule has 0 saturated heterocycles. The maximum Gasteiger partial charge on any atom is 0.137 e. The maximum atomic E-state index is 12.1. The average molecular weight is 227 g/mol. The molecule has 1 aliphatic carbocycles. The number of Topliss-reactive ketones (excluding diaryl/α,β-unsaturated/α-hetero) is 1. The van der Waals surface area contributed by atoms with Crippen LogP contribution in [-0.2, 0) is 10.2 Å². The van der Waals surface area contributed by atoms with Gasteiger partial charge in [0.25, 0.3) is 0 Å². The zero-order valence-electron chi connectivity index (χ0n) is 10.1. The predicted molar refractivity (Wildman–Crippen MR) is 68.9 cm³/mol. The normalized spacial score (nSPS) is 31.6. The lowest BCUT2D eigenvalue weighted by molar-refractivity contribution is -0.125. The molecule has 2 heteroatoms. The topological polar surface area (TPSA) is 29.4 Å². The molecule has 2 unspecified atom stereocenters. The molecule has 0 spiro atoms. The van der Waals surface area contributed by atoms with Crippen LogP contribution in [0, 0.1) is 5.92 Å². The number of para-hydroxylation sites is 1. The molecule has 2 aliphatic rings. The van der Waals surface area contributed by atoms with Crippen LogP contribution >= 0.6 is 0 Å². The maximum absolute atomic E-state index is 12.1. The number of fused-ring (bicyclic) bond motifs is 1. The van der Waals surface area contributed by atoms with Gasteiger partial charge < -0.3 is 0 Å². The van der Waals surface area contributed by atoms with Gasteiger partial charge in [0.15, 0.2) is 0 Å². The van der Waals surface area contributed by atoms with Crippen molar-refractivity contribution in [1.82, 2.24) is 0 Å². The third kappa shape index (κ3) is 1.54. The van der Waals surface area contributed by atoms with Crippen LogP contribution in [0.3, 0.4) is 0 Å². The van der Waals surface area contributed by atoms with Gasteiger partial charge in [-0.25, -0.2) is 0 Å². The van der Waals surface area contributed by atoms with Crippen LogP contribution in [0.15, 0.2) is 29.3 Å². The molecule has 0 bridgehead atoms. The van der Waals surface area contributed by atoms with E-state index in [-0.39, 0.29) is 11.3 Å². The van der Waals surface area contributed by atoms with E-state index in [1.165, 1.54) is 12.0 Å². The monoisotopic (exact) mass is 227 g/mol. The van der Waals surface area contributed by atoms with Crippen LogP contribution in [0.4, 0.5) is 5.69 Å². The van der Waals surface area contributed by atoms with Crippen LogP contribution in [-0.4, -0.2) is 12.0 Å². The van der Waals surface area contributed by atoms with Gasteiger partial charge in [0.05, 0.1) is 5.69 Å². The standard InChI is InChI=1S/C15H17NO/c1-15(12-7-3-5-9-14(12)17)10-16-13-8-4-2-6-11(13)15/h2,4,6,8,10,12H,3,5,7,9H2,1H3. The predicted octanol–water partition coefficient (Wildman–Crippen LogP) is 3.42. The third-order valence-electron chi connectivity index (χ3n) is 4.23. The fraction of sp³-hybridized carbons (Fsp3) is 0.467. The number of nitrogens with zero attached hydrogens (tertiary/aromatic N) is 1. The number of carbonyl (C=O) groups excluding carboxylic acids is 1. The highest BCUT2D eigenvalue weighted by atomic mass is 16.1. The van der Waals surface area contributed by atoms with Gasteiger partial charge in [-0.05, 0) is 31.4 Å². The van der Waals surface area contributed by atoms with E-state index in [1.807, 2.05) is 24.4 Å². The number of rotatable bonds is 1. The highest BCUT2D eigenvalue weighted by molar-refractivity contribution is 5.94. The first-order valence-electron chi connectivity index (χ1n) is 6.39. The van der Waals surface area contributed by atoms with E-state index >= 15 is 0 Å². The van der Waals surface area contributed by atoms with E-state index in [2.05, 4.69) is 18.0 Å². The number of carbonyl (C=O) groups is 1. The minimum Gasteiger partial charge on any atom is -0.299 e. The Hall–Kier alpha value is -1.44. The van der Waals surface area contributed by atoms with Crippen molar-refractivity contribution in [3.05, 3.63) is 29.8 Å². The summed E-state index contributed by atoms with van der Waals surface area (Å²) in [4.78, 5) is 16.6. The Balaban J connectivity index is 2.03. The number of ketones is 1. The molecule has 0 aromatic heterocycles. The van der Waals surface area contributed by atoms with Crippen molar-refractivity contribution < 1.29 is 4.79 Å². The SMILES string of the molecule is CC1(C2CCCCC2=O)C=Nc2ccccc21. The smallest absolute Gasteiger partial charge is 0.137 e. The molecule has 1 saturated carbocycles. The Morgan fingerprint density at radius 2 is 2.12 bits per heavy atom. The third-order valence-corrected chi connectivity index (χ3v) is 4.23. The summed E-state index contributed by atoms with van der Waals surface area (Å²) in [5.41, 5.74) is 2.09. The summed E-state index contributed by atoms with van der Waals surface area (Å²) in [6.45, 7) is 2.16. The van der Waals surface area contributed by atoms with Crippen LogP contribution in [0.5, 0.6) is 0 Å². The van der Waals surface area contributed by atoms with Gasteiger partial charge in [0.2, 0.25) is 0 Å². The molecular formula is C15H17NO. The van der Waals surface area contributed by atoms with E-state index in [1.54, 1.807) is 0 Å². The number of hydrogen-bond donors (Lipinski definition) is 0. The summed E-state index contributed by atoms with van der Waals surface area (Å²) in [5, 5.41) is 0. The van der Waals surface area contributed by atoms with Crippen LogP contribution in [0.1, 0.15) is 38.2 Å². The molecule has 1 aromatic rings. The average Bonchev–Trinajstić information content (AvgIpc) is 2.70. The van der Waals surface area contributed by atoms with Gasteiger partial charge >= 0.3 is 0 Å². The van der Waals surface area contributed by atoms with Crippen LogP contribution in [0.2, 0.25) is 0 Å². The summed E-state index contributed by atoms with van der Waals surface area (Å²) < 4.78 is 0. The molecule has 2 atom stereocenters.